The topological polar surface area (TPSA) is 55.6 Å². The maximum Gasteiger partial charge on any atom is 0.276 e. The second kappa shape index (κ2) is 4.78. The lowest BCUT2D eigenvalue weighted by Crippen LogP contribution is -2.55. The van der Waals surface area contributed by atoms with Crippen LogP contribution in [0.2, 0.25) is 0 Å². The summed E-state index contributed by atoms with van der Waals surface area (Å²) < 4.78 is 10.5. The Bertz CT molecular complexity index is 391. The average molecular weight is 303 g/mol. The molecule has 1 fully saturated rings. The number of nitrogens with zero attached hydrogens (tertiary/aromatic N) is 2. The van der Waals surface area contributed by atoms with Crippen LogP contribution in [-0.4, -0.2) is 46.1 Å². The van der Waals surface area contributed by atoms with Gasteiger partial charge in [0.1, 0.15) is 6.26 Å². The van der Waals surface area contributed by atoms with Crippen molar-refractivity contribution in [1.29, 1.82) is 0 Å². The third-order valence-corrected chi connectivity index (χ3v) is 3.32. The molecule has 94 valence electrons. The molecule has 0 saturated carbocycles. The van der Waals surface area contributed by atoms with Gasteiger partial charge in [-0.2, -0.15) is 0 Å². The fourth-order valence-corrected chi connectivity index (χ4v) is 2.35. The molecule has 1 saturated heterocycles. The molecule has 0 spiro atoms. The number of carbonyl (C=O) groups is 1. The minimum atomic E-state index is -0.337. The first-order chi connectivity index (χ1) is 8.02. The van der Waals surface area contributed by atoms with Crippen LogP contribution in [0.5, 0.6) is 0 Å². The Hall–Kier alpha value is -0.880. The van der Waals surface area contributed by atoms with E-state index in [0.29, 0.717) is 24.1 Å². The zero-order chi connectivity index (χ0) is 12.5. The highest BCUT2D eigenvalue weighted by molar-refractivity contribution is 9.09. The lowest BCUT2D eigenvalue weighted by atomic mass is 10.1. The van der Waals surface area contributed by atoms with E-state index in [4.69, 9.17) is 9.26 Å². The predicted molar refractivity (Wildman–Crippen MR) is 65.2 cm³/mol. The number of halogens is 1. The van der Waals surface area contributed by atoms with Gasteiger partial charge in [0.15, 0.2) is 5.69 Å². The van der Waals surface area contributed by atoms with Crippen LogP contribution in [-0.2, 0) is 4.74 Å². The van der Waals surface area contributed by atoms with Gasteiger partial charge in [-0.15, -0.1) is 0 Å². The molecule has 17 heavy (non-hydrogen) atoms. The minimum Gasteiger partial charge on any atom is -0.368 e. The predicted octanol–water partition coefficient (Wildman–Crippen LogP) is 1.69. The summed E-state index contributed by atoms with van der Waals surface area (Å²) in [5, 5.41) is 4.38. The second-order valence-electron chi connectivity index (χ2n) is 4.72. The van der Waals surface area contributed by atoms with E-state index in [1.54, 1.807) is 11.0 Å². The lowest BCUT2D eigenvalue weighted by molar-refractivity contribution is -0.116. The summed E-state index contributed by atoms with van der Waals surface area (Å²) in [4.78, 5) is 13.9. The van der Waals surface area contributed by atoms with E-state index < -0.39 is 0 Å². The average Bonchev–Trinajstić information content (AvgIpc) is 2.79. The summed E-state index contributed by atoms with van der Waals surface area (Å²) in [6.45, 7) is 5.08. The molecular formula is C11H15BrN2O3. The SMILES string of the molecule is CC1(C)CN(C(=O)c2ccon2)CC(CBr)O1. The van der Waals surface area contributed by atoms with Crippen molar-refractivity contribution in [1.82, 2.24) is 10.1 Å². The summed E-state index contributed by atoms with van der Waals surface area (Å²) in [6.07, 6.45) is 1.41. The molecular weight excluding hydrogens is 288 g/mol. The molecule has 1 aliphatic heterocycles. The van der Waals surface area contributed by atoms with Gasteiger partial charge < -0.3 is 14.2 Å². The van der Waals surface area contributed by atoms with E-state index in [2.05, 4.69) is 21.1 Å². The van der Waals surface area contributed by atoms with Crippen LogP contribution in [0.4, 0.5) is 0 Å². The van der Waals surface area contributed by atoms with Crippen LogP contribution in [0.1, 0.15) is 24.3 Å². The van der Waals surface area contributed by atoms with E-state index in [-0.39, 0.29) is 17.6 Å². The van der Waals surface area contributed by atoms with E-state index in [0.717, 1.165) is 0 Å². The van der Waals surface area contributed by atoms with Crippen molar-refractivity contribution in [2.45, 2.75) is 25.6 Å². The Morgan fingerprint density at radius 3 is 3.06 bits per heavy atom. The first-order valence-electron chi connectivity index (χ1n) is 5.45. The highest BCUT2D eigenvalue weighted by Crippen LogP contribution is 2.23. The number of alkyl halides is 1. The molecule has 6 heteroatoms. The molecule has 1 unspecified atom stereocenters. The number of hydrogen-bond donors (Lipinski definition) is 0. The van der Waals surface area contributed by atoms with Gasteiger partial charge in [0.25, 0.3) is 5.91 Å². The lowest BCUT2D eigenvalue weighted by Gasteiger charge is -2.42. The van der Waals surface area contributed by atoms with Crippen molar-refractivity contribution in [2.24, 2.45) is 0 Å². The highest BCUT2D eigenvalue weighted by atomic mass is 79.9. The molecule has 1 atom stereocenters. The van der Waals surface area contributed by atoms with E-state index >= 15 is 0 Å². The van der Waals surface area contributed by atoms with Crippen molar-refractivity contribution in [3.63, 3.8) is 0 Å². The maximum atomic E-state index is 12.1. The van der Waals surface area contributed by atoms with E-state index in [9.17, 15) is 4.79 Å². The number of ether oxygens (including phenoxy) is 1. The number of amides is 1. The number of carbonyl (C=O) groups excluding carboxylic acids is 1. The molecule has 1 aromatic rings. The Balaban J connectivity index is 2.12. The zero-order valence-electron chi connectivity index (χ0n) is 9.85. The summed E-state index contributed by atoms with van der Waals surface area (Å²) in [5.74, 6) is -0.110. The van der Waals surface area contributed by atoms with Gasteiger partial charge in [-0.3, -0.25) is 4.79 Å². The van der Waals surface area contributed by atoms with Gasteiger partial charge in [0.05, 0.1) is 11.7 Å². The normalized spacial score (nSPS) is 23.7. The van der Waals surface area contributed by atoms with Crippen molar-refractivity contribution in [3.8, 4) is 0 Å². The molecule has 1 aliphatic rings. The standard InChI is InChI=1S/C11H15BrN2O3/c1-11(2)7-14(6-8(5-12)17-11)10(15)9-3-4-16-13-9/h3-4,8H,5-7H2,1-2H3. The molecule has 2 heterocycles. The van der Waals surface area contributed by atoms with Gasteiger partial charge in [-0.05, 0) is 13.8 Å². The van der Waals surface area contributed by atoms with Gasteiger partial charge in [-0.1, -0.05) is 21.1 Å². The minimum absolute atomic E-state index is 0.00889. The molecule has 5 nitrogen and oxygen atoms in total. The third-order valence-electron chi connectivity index (χ3n) is 2.60. The summed E-state index contributed by atoms with van der Waals surface area (Å²) in [7, 11) is 0. The number of morpholine rings is 1. The van der Waals surface area contributed by atoms with Crippen molar-refractivity contribution in [2.75, 3.05) is 18.4 Å². The van der Waals surface area contributed by atoms with Crippen LogP contribution in [0.3, 0.4) is 0 Å². The first kappa shape index (κ1) is 12.6. The second-order valence-corrected chi connectivity index (χ2v) is 5.37. The fourth-order valence-electron chi connectivity index (χ4n) is 2.02. The van der Waals surface area contributed by atoms with Crippen molar-refractivity contribution < 1.29 is 14.1 Å². The third kappa shape index (κ3) is 2.87. The molecule has 0 bridgehead atoms. The van der Waals surface area contributed by atoms with E-state index in [1.807, 2.05) is 13.8 Å². The summed E-state index contributed by atoms with van der Waals surface area (Å²) in [6, 6.07) is 1.58. The number of hydrogen-bond acceptors (Lipinski definition) is 4. The quantitative estimate of drug-likeness (QED) is 0.780. The van der Waals surface area contributed by atoms with Crippen LogP contribution in [0.25, 0.3) is 0 Å². The molecule has 1 aromatic heterocycles. The Kier molecular flexibility index (Phi) is 3.53. The molecule has 0 aliphatic carbocycles. The van der Waals surface area contributed by atoms with E-state index in [1.165, 1.54) is 6.26 Å². The van der Waals surface area contributed by atoms with Gasteiger partial charge in [0.2, 0.25) is 0 Å². The Morgan fingerprint density at radius 1 is 1.71 bits per heavy atom. The summed E-state index contributed by atoms with van der Waals surface area (Å²) >= 11 is 3.39. The molecule has 0 radical (unpaired) electrons. The summed E-state index contributed by atoms with van der Waals surface area (Å²) in [5.41, 5.74) is 0.00632. The molecule has 0 aromatic carbocycles. The Labute approximate surface area is 108 Å². The van der Waals surface area contributed by atoms with Crippen LogP contribution >= 0.6 is 15.9 Å². The van der Waals surface area contributed by atoms with Crippen molar-refractivity contribution in [3.05, 3.63) is 18.0 Å². The van der Waals surface area contributed by atoms with Crippen LogP contribution < -0.4 is 0 Å². The largest absolute Gasteiger partial charge is 0.368 e. The zero-order valence-corrected chi connectivity index (χ0v) is 11.4. The van der Waals surface area contributed by atoms with Gasteiger partial charge in [0, 0.05) is 24.5 Å². The van der Waals surface area contributed by atoms with Gasteiger partial charge in [-0.25, -0.2) is 0 Å². The highest BCUT2D eigenvalue weighted by Gasteiger charge is 2.35. The molecule has 1 amide bonds. The fraction of sp³-hybridized carbons (Fsp3) is 0.636. The smallest absolute Gasteiger partial charge is 0.276 e. The Morgan fingerprint density at radius 2 is 2.47 bits per heavy atom. The maximum absolute atomic E-state index is 12.1. The van der Waals surface area contributed by atoms with Crippen LogP contribution in [0, 0.1) is 0 Å². The monoisotopic (exact) mass is 302 g/mol. The van der Waals surface area contributed by atoms with Crippen molar-refractivity contribution >= 4 is 21.8 Å². The number of rotatable bonds is 2. The number of aromatic nitrogens is 1. The molecule has 0 N–H and O–H groups in total. The van der Waals surface area contributed by atoms with Gasteiger partial charge >= 0.3 is 0 Å². The first-order valence-corrected chi connectivity index (χ1v) is 6.57. The molecule has 2 rings (SSSR count). The van der Waals surface area contributed by atoms with Crippen LogP contribution in [0.15, 0.2) is 16.9 Å².